The Labute approximate surface area is 117 Å². The van der Waals surface area contributed by atoms with Crippen LogP contribution < -0.4 is 0 Å². The summed E-state index contributed by atoms with van der Waals surface area (Å²) in [6, 6.07) is 0.638. The molecule has 0 aromatic heterocycles. The van der Waals surface area contributed by atoms with Gasteiger partial charge >= 0.3 is 0 Å². The predicted molar refractivity (Wildman–Crippen MR) is 76.1 cm³/mol. The fourth-order valence-corrected chi connectivity index (χ4v) is 2.91. The highest BCUT2D eigenvalue weighted by molar-refractivity contribution is 5.79. The van der Waals surface area contributed by atoms with Crippen molar-refractivity contribution in [1.29, 1.82) is 0 Å². The van der Waals surface area contributed by atoms with Gasteiger partial charge in [-0.1, -0.05) is 6.42 Å². The number of methoxy groups -OCH3 is 1. The van der Waals surface area contributed by atoms with E-state index in [9.17, 15) is 4.79 Å². The standard InChI is InChI=1S/C15H28N2O2/c1-16(15(18)13-6-5-7-13)9-3-4-10-17-11-8-14(17)12-19-2/h13-14H,3-12H2,1-2H3. The number of unbranched alkanes of at least 4 members (excludes halogenated alkanes) is 1. The van der Waals surface area contributed by atoms with Crippen LogP contribution in [0.1, 0.15) is 38.5 Å². The van der Waals surface area contributed by atoms with Crippen LogP contribution in [0.2, 0.25) is 0 Å². The molecule has 0 aromatic carbocycles. The third-order valence-corrected chi connectivity index (χ3v) is 4.64. The average Bonchev–Trinajstić information content (AvgIpc) is 2.31. The van der Waals surface area contributed by atoms with Crippen LogP contribution in [-0.2, 0) is 9.53 Å². The summed E-state index contributed by atoms with van der Waals surface area (Å²) in [6.45, 7) is 4.14. The van der Waals surface area contributed by atoms with Gasteiger partial charge in [-0.05, 0) is 38.6 Å². The molecule has 1 aliphatic carbocycles. The molecule has 1 saturated carbocycles. The Bertz CT molecular complexity index is 292. The summed E-state index contributed by atoms with van der Waals surface area (Å²) >= 11 is 0. The molecule has 4 heteroatoms. The van der Waals surface area contributed by atoms with Gasteiger partial charge in [-0.15, -0.1) is 0 Å². The van der Waals surface area contributed by atoms with Crippen LogP contribution in [0.15, 0.2) is 0 Å². The highest BCUT2D eigenvalue weighted by Crippen LogP contribution is 2.27. The monoisotopic (exact) mass is 268 g/mol. The van der Waals surface area contributed by atoms with Crippen LogP contribution in [-0.4, -0.2) is 62.1 Å². The minimum absolute atomic E-state index is 0.339. The maximum Gasteiger partial charge on any atom is 0.225 e. The zero-order chi connectivity index (χ0) is 13.7. The van der Waals surface area contributed by atoms with E-state index in [1.54, 1.807) is 7.11 Å². The molecule has 0 bridgehead atoms. The van der Waals surface area contributed by atoms with Crippen molar-refractivity contribution in [3.8, 4) is 0 Å². The van der Waals surface area contributed by atoms with Gasteiger partial charge in [-0.25, -0.2) is 0 Å². The Kier molecular flexibility index (Phi) is 5.64. The maximum atomic E-state index is 12.0. The fourth-order valence-electron chi connectivity index (χ4n) is 2.91. The molecule has 110 valence electrons. The zero-order valence-corrected chi connectivity index (χ0v) is 12.4. The number of likely N-dealkylation sites (tertiary alicyclic amines) is 1. The Morgan fingerprint density at radius 3 is 2.63 bits per heavy atom. The maximum absolute atomic E-state index is 12.0. The van der Waals surface area contributed by atoms with E-state index in [0.717, 1.165) is 39.0 Å². The minimum Gasteiger partial charge on any atom is -0.383 e. The zero-order valence-electron chi connectivity index (χ0n) is 12.4. The second-order valence-electron chi connectivity index (χ2n) is 6.03. The average molecular weight is 268 g/mol. The van der Waals surface area contributed by atoms with E-state index in [4.69, 9.17) is 4.74 Å². The van der Waals surface area contributed by atoms with Crippen LogP contribution in [0.4, 0.5) is 0 Å². The summed E-state index contributed by atoms with van der Waals surface area (Å²) in [5.74, 6) is 0.707. The fraction of sp³-hybridized carbons (Fsp3) is 0.933. The third kappa shape index (κ3) is 3.93. The summed E-state index contributed by atoms with van der Waals surface area (Å²) in [7, 11) is 3.73. The number of carbonyl (C=O) groups excluding carboxylic acids is 1. The van der Waals surface area contributed by atoms with Crippen LogP contribution in [0, 0.1) is 5.92 Å². The van der Waals surface area contributed by atoms with Crippen LogP contribution in [0.25, 0.3) is 0 Å². The van der Waals surface area contributed by atoms with E-state index < -0.39 is 0 Å². The molecular weight excluding hydrogens is 240 g/mol. The number of hydrogen-bond donors (Lipinski definition) is 0. The molecular formula is C15H28N2O2. The van der Waals surface area contributed by atoms with Crippen LogP contribution in [0.5, 0.6) is 0 Å². The van der Waals surface area contributed by atoms with Crippen molar-refractivity contribution >= 4 is 5.91 Å². The van der Waals surface area contributed by atoms with E-state index in [-0.39, 0.29) is 0 Å². The molecule has 1 amide bonds. The predicted octanol–water partition coefficient (Wildman–Crippen LogP) is 1.75. The van der Waals surface area contributed by atoms with Gasteiger partial charge in [0.2, 0.25) is 5.91 Å². The molecule has 1 unspecified atom stereocenters. The lowest BCUT2D eigenvalue weighted by Crippen LogP contribution is -2.50. The van der Waals surface area contributed by atoms with Gasteiger partial charge in [0.25, 0.3) is 0 Å². The van der Waals surface area contributed by atoms with Crippen molar-refractivity contribution in [2.45, 2.75) is 44.6 Å². The molecule has 0 aromatic rings. The van der Waals surface area contributed by atoms with E-state index in [0.29, 0.717) is 17.9 Å². The minimum atomic E-state index is 0.339. The molecule has 2 rings (SSSR count). The van der Waals surface area contributed by atoms with Gasteiger partial charge in [-0.2, -0.15) is 0 Å². The van der Waals surface area contributed by atoms with Gasteiger partial charge in [0.05, 0.1) is 6.61 Å². The summed E-state index contributed by atoms with van der Waals surface area (Å²) in [5.41, 5.74) is 0. The number of nitrogens with zero attached hydrogens (tertiary/aromatic N) is 2. The van der Waals surface area contributed by atoms with Gasteiger partial charge in [0.15, 0.2) is 0 Å². The molecule has 0 N–H and O–H groups in total. The van der Waals surface area contributed by atoms with Crippen molar-refractivity contribution in [3.05, 3.63) is 0 Å². The smallest absolute Gasteiger partial charge is 0.225 e. The summed E-state index contributed by atoms with van der Waals surface area (Å²) in [4.78, 5) is 16.4. The number of carbonyl (C=O) groups is 1. The quantitative estimate of drug-likeness (QED) is 0.629. The molecule has 0 spiro atoms. The first-order valence-electron chi connectivity index (χ1n) is 7.70. The lowest BCUT2D eigenvalue weighted by molar-refractivity contribution is -0.136. The van der Waals surface area contributed by atoms with E-state index >= 15 is 0 Å². The SMILES string of the molecule is COCC1CCN1CCCCN(C)C(=O)C1CCC1. The third-order valence-electron chi connectivity index (χ3n) is 4.64. The van der Waals surface area contributed by atoms with E-state index in [1.165, 1.54) is 25.8 Å². The Balaban J connectivity index is 1.52. The first-order chi connectivity index (χ1) is 9.22. The molecule has 2 fully saturated rings. The van der Waals surface area contributed by atoms with Crippen molar-refractivity contribution in [1.82, 2.24) is 9.80 Å². The lowest BCUT2D eigenvalue weighted by Gasteiger charge is -2.40. The number of ether oxygens (including phenoxy) is 1. The molecule has 4 nitrogen and oxygen atoms in total. The van der Waals surface area contributed by atoms with Crippen LogP contribution >= 0.6 is 0 Å². The normalized spacial score (nSPS) is 23.8. The van der Waals surface area contributed by atoms with Gasteiger partial charge < -0.3 is 9.64 Å². The first-order valence-corrected chi connectivity index (χ1v) is 7.70. The molecule has 0 radical (unpaired) electrons. The molecule has 1 atom stereocenters. The Hall–Kier alpha value is -0.610. The Morgan fingerprint density at radius 1 is 1.32 bits per heavy atom. The molecule has 2 aliphatic rings. The first kappa shape index (κ1) is 14.8. The molecule has 1 saturated heterocycles. The molecule has 19 heavy (non-hydrogen) atoms. The highest BCUT2D eigenvalue weighted by Gasteiger charge is 2.28. The largest absolute Gasteiger partial charge is 0.383 e. The number of amides is 1. The lowest BCUT2D eigenvalue weighted by atomic mass is 9.84. The highest BCUT2D eigenvalue weighted by atomic mass is 16.5. The molecule has 1 aliphatic heterocycles. The number of hydrogen-bond acceptors (Lipinski definition) is 3. The van der Waals surface area contributed by atoms with Gasteiger partial charge in [-0.3, -0.25) is 9.69 Å². The number of rotatable bonds is 8. The van der Waals surface area contributed by atoms with Gasteiger partial charge in [0.1, 0.15) is 0 Å². The van der Waals surface area contributed by atoms with Crippen molar-refractivity contribution in [2.75, 3.05) is 40.4 Å². The van der Waals surface area contributed by atoms with Crippen molar-refractivity contribution in [3.63, 3.8) is 0 Å². The van der Waals surface area contributed by atoms with E-state index in [2.05, 4.69) is 4.90 Å². The second kappa shape index (κ2) is 7.25. The van der Waals surface area contributed by atoms with Gasteiger partial charge in [0, 0.05) is 39.2 Å². The van der Waals surface area contributed by atoms with E-state index in [1.807, 2.05) is 11.9 Å². The second-order valence-corrected chi connectivity index (χ2v) is 6.03. The summed E-state index contributed by atoms with van der Waals surface area (Å²) < 4.78 is 5.20. The molecule has 1 heterocycles. The van der Waals surface area contributed by atoms with Crippen molar-refractivity contribution < 1.29 is 9.53 Å². The summed E-state index contributed by atoms with van der Waals surface area (Å²) in [5, 5.41) is 0. The summed E-state index contributed by atoms with van der Waals surface area (Å²) in [6.07, 6.45) is 7.02. The van der Waals surface area contributed by atoms with Crippen molar-refractivity contribution in [2.24, 2.45) is 5.92 Å². The Morgan fingerprint density at radius 2 is 2.11 bits per heavy atom. The topological polar surface area (TPSA) is 32.8 Å². The van der Waals surface area contributed by atoms with Crippen LogP contribution in [0.3, 0.4) is 0 Å².